The van der Waals surface area contributed by atoms with E-state index in [2.05, 4.69) is 12.1 Å². The van der Waals surface area contributed by atoms with Crippen LogP contribution in [-0.2, 0) is 11.2 Å². The van der Waals surface area contributed by atoms with Gasteiger partial charge in [0.1, 0.15) is 11.5 Å². The number of benzene rings is 3. The van der Waals surface area contributed by atoms with Crippen molar-refractivity contribution in [2.45, 2.75) is 44.9 Å². The second-order valence-electron chi connectivity index (χ2n) is 8.62. The summed E-state index contributed by atoms with van der Waals surface area (Å²) in [5.41, 5.74) is 0.758. The zero-order valence-electron chi connectivity index (χ0n) is 18.0. The van der Waals surface area contributed by atoms with Gasteiger partial charge >= 0.3 is 5.97 Å². The average Bonchev–Trinajstić information content (AvgIpc) is 2.77. The van der Waals surface area contributed by atoms with Gasteiger partial charge in [-0.1, -0.05) is 61.0 Å². The van der Waals surface area contributed by atoms with Crippen LogP contribution in [0.5, 0.6) is 11.5 Å². The Kier molecular flexibility index (Phi) is 6.45. The first-order chi connectivity index (χ1) is 15.5. The number of hydrogen-bond donors (Lipinski definition) is 2. The highest BCUT2D eigenvalue weighted by Crippen LogP contribution is 2.46. The molecule has 0 saturated heterocycles. The van der Waals surface area contributed by atoms with E-state index in [-0.39, 0.29) is 18.0 Å². The van der Waals surface area contributed by atoms with Crippen LogP contribution in [0.1, 0.15) is 54.4 Å². The number of aliphatic carboxylic acids is 1. The maximum absolute atomic E-state index is 13.1. The minimum Gasteiger partial charge on any atom is -0.507 e. The number of carbonyl (C=O) groups excluding carboxylic acids is 1. The Morgan fingerprint density at radius 2 is 1.66 bits per heavy atom. The minimum atomic E-state index is -0.824. The topological polar surface area (TPSA) is 83.8 Å². The summed E-state index contributed by atoms with van der Waals surface area (Å²) >= 11 is 0. The molecular weight excluding hydrogens is 404 g/mol. The van der Waals surface area contributed by atoms with Crippen LogP contribution in [0.2, 0.25) is 0 Å². The predicted octanol–water partition coefficient (Wildman–Crippen LogP) is 5.77. The predicted molar refractivity (Wildman–Crippen MR) is 123 cm³/mol. The Bertz CT molecular complexity index is 1120. The Morgan fingerprint density at radius 1 is 0.969 bits per heavy atom. The van der Waals surface area contributed by atoms with Gasteiger partial charge in [-0.25, -0.2) is 0 Å². The lowest BCUT2D eigenvalue weighted by atomic mass is 9.66. The zero-order chi connectivity index (χ0) is 22.6. The van der Waals surface area contributed by atoms with Gasteiger partial charge < -0.3 is 14.9 Å². The molecule has 0 aliphatic heterocycles. The molecule has 166 valence electrons. The molecule has 0 heterocycles. The summed E-state index contributed by atoms with van der Waals surface area (Å²) in [7, 11) is 0. The van der Waals surface area contributed by atoms with Gasteiger partial charge in [0.15, 0.2) is 5.78 Å². The number of ketones is 1. The normalized spacial score (nSPS) is 14.6. The summed E-state index contributed by atoms with van der Waals surface area (Å²) in [6, 6.07) is 18.9. The third-order valence-electron chi connectivity index (χ3n) is 6.57. The van der Waals surface area contributed by atoms with Crippen LogP contribution < -0.4 is 4.74 Å². The van der Waals surface area contributed by atoms with E-state index in [0.29, 0.717) is 48.0 Å². The number of phenols is 1. The summed E-state index contributed by atoms with van der Waals surface area (Å²) in [4.78, 5) is 24.8. The molecule has 0 amide bonds. The first kappa shape index (κ1) is 21.9. The fraction of sp³-hybridized carbons (Fsp3) is 0.333. The third-order valence-corrected chi connectivity index (χ3v) is 6.57. The van der Waals surface area contributed by atoms with Crippen LogP contribution in [0.15, 0.2) is 60.7 Å². The number of carboxylic acid groups (broad SMARTS) is 1. The van der Waals surface area contributed by atoms with Gasteiger partial charge in [-0.15, -0.1) is 0 Å². The maximum atomic E-state index is 13.1. The van der Waals surface area contributed by atoms with Gasteiger partial charge in [-0.3, -0.25) is 9.59 Å². The van der Waals surface area contributed by atoms with E-state index in [1.807, 2.05) is 36.4 Å². The van der Waals surface area contributed by atoms with E-state index in [4.69, 9.17) is 4.74 Å². The molecule has 32 heavy (non-hydrogen) atoms. The molecule has 0 atom stereocenters. The van der Waals surface area contributed by atoms with Crippen LogP contribution >= 0.6 is 0 Å². The maximum Gasteiger partial charge on any atom is 0.309 e. The monoisotopic (exact) mass is 432 g/mol. The lowest BCUT2D eigenvalue weighted by Gasteiger charge is -2.37. The van der Waals surface area contributed by atoms with E-state index in [0.717, 1.165) is 19.3 Å². The smallest absolute Gasteiger partial charge is 0.309 e. The van der Waals surface area contributed by atoms with Crippen molar-refractivity contribution in [3.05, 3.63) is 71.8 Å². The quantitative estimate of drug-likeness (QED) is 0.314. The first-order valence-electron chi connectivity index (χ1n) is 11.2. The number of aryl methyl sites for hydroxylation is 1. The van der Waals surface area contributed by atoms with E-state index in [1.54, 1.807) is 6.07 Å². The molecular formula is C27H28O5. The SMILES string of the molecule is O=C(CCC1(C(=O)O)CCC1)c1cc(O)c2ccccc2c1OCCCc1ccccc1. The number of hydrogen-bond acceptors (Lipinski definition) is 4. The Hall–Kier alpha value is -3.34. The van der Waals surface area contributed by atoms with E-state index in [1.165, 1.54) is 11.6 Å². The molecule has 0 bridgehead atoms. The summed E-state index contributed by atoms with van der Waals surface area (Å²) in [6.45, 7) is 0.434. The van der Waals surface area contributed by atoms with Crippen molar-refractivity contribution in [1.29, 1.82) is 0 Å². The molecule has 1 saturated carbocycles. The van der Waals surface area contributed by atoms with E-state index in [9.17, 15) is 19.8 Å². The van der Waals surface area contributed by atoms with Crippen LogP contribution in [0.3, 0.4) is 0 Å². The van der Waals surface area contributed by atoms with Crippen LogP contribution in [0, 0.1) is 5.41 Å². The molecule has 1 aliphatic rings. The van der Waals surface area contributed by atoms with Crippen molar-refractivity contribution in [1.82, 2.24) is 0 Å². The van der Waals surface area contributed by atoms with Crippen molar-refractivity contribution in [3.8, 4) is 11.5 Å². The number of phenolic OH excluding ortho intramolecular Hbond substituents is 1. The first-order valence-corrected chi connectivity index (χ1v) is 11.2. The number of fused-ring (bicyclic) bond motifs is 1. The molecule has 3 aromatic carbocycles. The molecule has 4 rings (SSSR count). The molecule has 3 aromatic rings. The molecule has 0 spiro atoms. The highest BCUT2D eigenvalue weighted by atomic mass is 16.5. The van der Waals surface area contributed by atoms with Crippen molar-refractivity contribution >= 4 is 22.5 Å². The molecule has 5 nitrogen and oxygen atoms in total. The third kappa shape index (κ3) is 4.47. The number of ether oxygens (including phenoxy) is 1. The van der Waals surface area contributed by atoms with Gasteiger partial charge in [0.05, 0.1) is 17.6 Å². The van der Waals surface area contributed by atoms with Crippen molar-refractivity contribution in [2.75, 3.05) is 6.61 Å². The average molecular weight is 433 g/mol. The molecule has 1 fully saturated rings. The largest absolute Gasteiger partial charge is 0.507 e. The molecule has 5 heteroatoms. The van der Waals surface area contributed by atoms with Crippen molar-refractivity contribution in [2.24, 2.45) is 5.41 Å². The molecule has 2 N–H and O–H groups in total. The Morgan fingerprint density at radius 3 is 2.31 bits per heavy atom. The molecule has 0 aromatic heterocycles. The number of rotatable bonds is 10. The highest BCUT2D eigenvalue weighted by Gasteiger charge is 2.44. The molecule has 0 radical (unpaired) electrons. The number of carbonyl (C=O) groups is 2. The summed E-state index contributed by atoms with van der Waals surface area (Å²) < 4.78 is 6.12. The Balaban J connectivity index is 1.54. The fourth-order valence-corrected chi connectivity index (χ4v) is 4.45. The lowest BCUT2D eigenvalue weighted by molar-refractivity contribution is -0.155. The molecule has 0 unspecified atom stereocenters. The van der Waals surface area contributed by atoms with Gasteiger partial charge in [-0.2, -0.15) is 0 Å². The van der Waals surface area contributed by atoms with Gasteiger partial charge in [0, 0.05) is 17.2 Å². The fourth-order valence-electron chi connectivity index (χ4n) is 4.45. The van der Waals surface area contributed by atoms with Gasteiger partial charge in [0.25, 0.3) is 0 Å². The van der Waals surface area contributed by atoms with Gasteiger partial charge in [-0.05, 0) is 43.7 Å². The van der Waals surface area contributed by atoms with Crippen LogP contribution in [0.4, 0.5) is 0 Å². The van der Waals surface area contributed by atoms with Crippen molar-refractivity contribution < 1.29 is 24.5 Å². The Labute approximate surface area is 187 Å². The second kappa shape index (κ2) is 9.43. The van der Waals surface area contributed by atoms with Crippen molar-refractivity contribution in [3.63, 3.8) is 0 Å². The second-order valence-corrected chi connectivity index (χ2v) is 8.62. The van der Waals surface area contributed by atoms with Crippen LogP contribution in [0.25, 0.3) is 10.8 Å². The van der Waals surface area contributed by atoms with Crippen LogP contribution in [-0.4, -0.2) is 28.6 Å². The lowest BCUT2D eigenvalue weighted by Crippen LogP contribution is -2.38. The number of carboxylic acids is 1. The number of aromatic hydroxyl groups is 1. The van der Waals surface area contributed by atoms with E-state index >= 15 is 0 Å². The zero-order valence-corrected chi connectivity index (χ0v) is 18.0. The summed E-state index contributed by atoms with van der Waals surface area (Å²) in [5, 5.41) is 21.4. The standard InChI is InChI=1S/C27H28O5/c28-23(13-16-27(26(30)31)14-7-15-27)22-18-24(29)20-11-4-5-12-21(20)25(22)32-17-6-10-19-8-2-1-3-9-19/h1-5,8-9,11-12,18,29H,6-7,10,13-17H2,(H,30,31). The minimum absolute atomic E-state index is 0.0252. The summed E-state index contributed by atoms with van der Waals surface area (Å²) in [6.07, 6.45) is 4.18. The highest BCUT2D eigenvalue weighted by molar-refractivity contribution is 6.07. The molecule has 1 aliphatic carbocycles. The number of Topliss-reactive ketones (excluding diaryl/α,β-unsaturated/α-hetero) is 1. The summed E-state index contributed by atoms with van der Waals surface area (Å²) in [5.74, 6) is -0.529. The van der Waals surface area contributed by atoms with E-state index < -0.39 is 11.4 Å². The van der Waals surface area contributed by atoms with Gasteiger partial charge in [0.2, 0.25) is 0 Å².